The molecular formula is C18H18ClN3O3S. The standard InChI is InChI=1S/C18H18ClN3O3S/c19-18-21-16-14(17(22-18)20-9-13-3-2-8-26-13)4-1-5-15(16)25-11-12-10-23-6-7-24-12/h1-5,8,12H,6-7,9-11H2,(H,20,21,22). The number of aromatic nitrogens is 2. The molecule has 3 aromatic rings. The fourth-order valence-electron chi connectivity index (χ4n) is 2.75. The third-order valence-electron chi connectivity index (χ3n) is 3.98. The zero-order valence-corrected chi connectivity index (χ0v) is 15.6. The van der Waals surface area contributed by atoms with Crippen LogP contribution in [0.2, 0.25) is 5.28 Å². The number of halogens is 1. The van der Waals surface area contributed by atoms with Gasteiger partial charge < -0.3 is 19.5 Å². The summed E-state index contributed by atoms with van der Waals surface area (Å²) in [7, 11) is 0. The van der Waals surface area contributed by atoms with E-state index in [1.165, 1.54) is 4.88 Å². The molecule has 1 aliphatic heterocycles. The highest BCUT2D eigenvalue weighted by molar-refractivity contribution is 7.09. The zero-order valence-electron chi connectivity index (χ0n) is 14.0. The van der Waals surface area contributed by atoms with Gasteiger partial charge in [0.25, 0.3) is 0 Å². The summed E-state index contributed by atoms with van der Waals surface area (Å²) in [4.78, 5) is 9.92. The van der Waals surface area contributed by atoms with Gasteiger partial charge in [-0.15, -0.1) is 11.3 Å². The number of anilines is 1. The van der Waals surface area contributed by atoms with Crippen molar-refractivity contribution in [3.8, 4) is 5.75 Å². The summed E-state index contributed by atoms with van der Waals surface area (Å²) in [5, 5.41) is 6.43. The van der Waals surface area contributed by atoms with E-state index in [1.54, 1.807) is 11.3 Å². The van der Waals surface area contributed by atoms with Crippen LogP contribution in [0.4, 0.5) is 5.82 Å². The van der Waals surface area contributed by atoms with Gasteiger partial charge in [-0.05, 0) is 35.2 Å². The minimum Gasteiger partial charge on any atom is -0.488 e. The Kier molecular flexibility index (Phi) is 5.50. The Hall–Kier alpha value is -1.93. The first-order valence-corrected chi connectivity index (χ1v) is 9.60. The van der Waals surface area contributed by atoms with Crippen molar-refractivity contribution in [1.29, 1.82) is 0 Å². The molecule has 1 N–H and O–H groups in total. The van der Waals surface area contributed by atoms with E-state index in [4.69, 9.17) is 25.8 Å². The van der Waals surface area contributed by atoms with Crippen molar-refractivity contribution in [2.24, 2.45) is 0 Å². The lowest BCUT2D eigenvalue weighted by Crippen LogP contribution is -2.33. The van der Waals surface area contributed by atoms with Crippen molar-refractivity contribution in [1.82, 2.24) is 9.97 Å². The molecule has 8 heteroatoms. The highest BCUT2D eigenvalue weighted by Gasteiger charge is 2.17. The minimum atomic E-state index is -0.0762. The van der Waals surface area contributed by atoms with Crippen LogP contribution in [0, 0.1) is 0 Å². The van der Waals surface area contributed by atoms with Crippen molar-refractivity contribution in [2.75, 3.05) is 31.7 Å². The number of fused-ring (bicyclic) bond motifs is 1. The molecule has 1 fully saturated rings. The Morgan fingerprint density at radius 3 is 3.00 bits per heavy atom. The number of hydrogen-bond donors (Lipinski definition) is 1. The fraction of sp³-hybridized carbons (Fsp3) is 0.333. The summed E-state index contributed by atoms with van der Waals surface area (Å²) < 4.78 is 17.0. The quantitative estimate of drug-likeness (QED) is 0.645. The Bertz CT molecular complexity index is 869. The SMILES string of the molecule is Clc1nc(NCc2cccs2)c2cccc(OCC3COCCO3)c2n1. The van der Waals surface area contributed by atoms with E-state index >= 15 is 0 Å². The van der Waals surface area contributed by atoms with Gasteiger partial charge in [0.1, 0.15) is 29.8 Å². The lowest BCUT2D eigenvalue weighted by atomic mass is 10.2. The zero-order chi connectivity index (χ0) is 17.8. The Balaban J connectivity index is 1.56. The van der Waals surface area contributed by atoms with Crippen LogP contribution in [-0.2, 0) is 16.0 Å². The number of hydrogen-bond acceptors (Lipinski definition) is 7. The average molecular weight is 392 g/mol. The molecule has 1 saturated heterocycles. The molecule has 0 spiro atoms. The van der Waals surface area contributed by atoms with E-state index in [9.17, 15) is 0 Å². The molecule has 3 heterocycles. The van der Waals surface area contributed by atoms with Gasteiger partial charge in [-0.2, -0.15) is 0 Å². The second-order valence-corrected chi connectivity index (χ2v) is 7.18. The molecular weight excluding hydrogens is 374 g/mol. The molecule has 0 amide bonds. The van der Waals surface area contributed by atoms with Gasteiger partial charge in [0.15, 0.2) is 0 Å². The van der Waals surface area contributed by atoms with Crippen LogP contribution in [0.3, 0.4) is 0 Å². The summed E-state index contributed by atoms with van der Waals surface area (Å²) in [6, 6.07) is 9.84. The number of benzene rings is 1. The maximum absolute atomic E-state index is 6.15. The highest BCUT2D eigenvalue weighted by atomic mass is 35.5. The molecule has 0 bridgehead atoms. The van der Waals surface area contributed by atoms with Crippen molar-refractivity contribution in [2.45, 2.75) is 12.6 Å². The molecule has 6 nitrogen and oxygen atoms in total. The maximum atomic E-state index is 6.15. The Labute approximate surface area is 160 Å². The number of nitrogens with one attached hydrogen (secondary N) is 1. The lowest BCUT2D eigenvalue weighted by Gasteiger charge is -2.23. The van der Waals surface area contributed by atoms with Gasteiger partial charge in [-0.25, -0.2) is 9.97 Å². The first-order chi connectivity index (χ1) is 12.8. The number of ether oxygens (including phenoxy) is 3. The second-order valence-electron chi connectivity index (χ2n) is 5.81. The van der Waals surface area contributed by atoms with Crippen molar-refractivity contribution < 1.29 is 14.2 Å². The van der Waals surface area contributed by atoms with Crippen LogP contribution in [-0.4, -0.2) is 42.5 Å². The number of para-hydroxylation sites is 1. The number of rotatable bonds is 6. The van der Waals surface area contributed by atoms with Crippen LogP contribution < -0.4 is 10.1 Å². The van der Waals surface area contributed by atoms with E-state index < -0.39 is 0 Å². The monoisotopic (exact) mass is 391 g/mol. The molecule has 0 aliphatic carbocycles. The summed E-state index contributed by atoms with van der Waals surface area (Å²) >= 11 is 7.83. The van der Waals surface area contributed by atoms with E-state index in [0.29, 0.717) is 50.1 Å². The molecule has 1 atom stereocenters. The third-order valence-corrected chi connectivity index (χ3v) is 5.03. The molecule has 136 valence electrons. The predicted molar refractivity (Wildman–Crippen MR) is 102 cm³/mol. The topological polar surface area (TPSA) is 65.5 Å². The maximum Gasteiger partial charge on any atom is 0.225 e. The van der Waals surface area contributed by atoms with E-state index in [2.05, 4.69) is 21.4 Å². The van der Waals surface area contributed by atoms with Gasteiger partial charge >= 0.3 is 0 Å². The molecule has 26 heavy (non-hydrogen) atoms. The van der Waals surface area contributed by atoms with E-state index in [0.717, 1.165) is 5.39 Å². The largest absolute Gasteiger partial charge is 0.488 e. The van der Waals surface area contributed by atoms with Gasteiger partial charge in [-0.3, -0.25) is 0 Å². The summed E-state index contributed by atoms with van der Waals surface area (Å²) in [6.45, 7) is 2.84. The van der Waals surface area contributed by atoms with Gasteiger partial charge in [0, 0.05) is 10.3 Å². The molecule has 1 aliphatic rings. The molecule has 1 unspecified atom stereocenters. The Morgan fingerprint density at radius 1 is 1.23 bits per heavy atom. The predicted octanol–water partition coefficient (Wildman–Crippen LogP) is 3.75. The van der Waals surface area contributed by atoms with E-state index in [-0.39, 0.29) is 11.4 Å². The van der Waals surface area contributed by atoms with Crippen molar-refractivity contribution in [3.05, 3.63) is 45.9 Å². The minimum absolute atomic E-state index is 0.0762. The summed E-state index contributed by atoms with van der Waals surface area (Å²) in [6.07, 6.45) is -0.0762. The number of nitrogens with zero attached hydrogens (tertiary/aromatic N) is 2. The van der Waals surface area contributed by atoms with Crippen LogP contribution in [0.1, 0.15) is 4.88 Å². The van der Waals surface area contributed by atoms with Gasteiger partial charge in [-0.1, -0.05) is 12.1 Å². The van der Waals surface area contributed by atoms with Gasteiger partial charge in [0.2, 0.25) is 5.28 Å². The molecule has 4 rings (SSSR count). The lowest BCUT2D eigenvalue weighted by molar-refractivity contribution is -0.101. The second kappa shape index (κ2) is 8.18. The first-order valence-electron chi connectivity index (χ1n) is 8.34. The smallest absolute Gasteiger partial charge is 0.225 e. The molecule has 0 radical (unpaired) electrons. The van der Waals surface area contributed by atoms with Crippen molar-refractivity contribution in [3.63, 3.8) is 0 Å². The average Bonchev–Trinajstić information content (AvgIpc) is 3.19. The van der Waals surface area contributed by atoms with Crippen LogP contribution in [0.5, 0.6) is 5.75 Å². The Morgan fingerprint density at radius 2 is 2.19 bits per heavy atom. The normalized spacial score (nSPS) is 17.3. The van der Waals surface area contributed by atoms with Crippen LogP contribution >= 0.6 is 22.9 Å². The van der Waals surface area contributed by atoms with E-state index in [1.807, 2.05) is 29.6 Å². The highest BCUT2D eigenvalue weighted by Crippen LogP contribution is 2.30. The van der Waals surface area contributed by atoms with Gasteiger partial charge in [0.05, 0.1) is 26.4 Å². The fourth-order valence-corrected chi connectivity index (χ4v) is 3.56. The van der Waals surface area contributed by atoms with Crippen LogP contribution in [0.15, 0.2) is 35.7 Å². The van der Waals surface area contributed by atoms with Crippen LogP contribution in [0.25, 0.3) is 10.9 Å². The molecule has 0 saturated carbocycles. The summed E-state index contributed by atoms with van der Waals surface area (Å²) in [5.41, 5.74) is 0.679. The number of thiophene rings is 1. The molecule has 1 aromatic carbocycles. The first kappa shape index (κ1) is 17.5. The third kappa shape index (κ3) is 4.07. The van der Waals surface area contributed by atoms with Crippen molar-refractivity contribution >= 4 is 39.7 Å². The molecule has 2 aromatic heterocycles. The summed E-state index contributed by atoms with van der Waals surface area (Å²) in [5.74, 6) is 1.34.